The Bertz CT molecular complexity index is 166. The number of hydrogen-bond donors (Lipinski definition) is 2. The predicted molar refractivity (Wildman–Crippen MR) is 55.9 cm³/mol. The Kier molecular flexibility index (Phi) is 4.94. The molecule has 0 aromatic heterocycles. The number of carbonyl (C=O) groups excluding carboxylic acids is 1. The lowest BCUT2D eigenvalue weighted by Crippen LogP contribution is -2.37. The number of aliphatic hydroxyl groups excluding tert-OH is 1. The van der Waals surface area contributed by atoms with Crippen LogP contribution in [0.1, 0.15) is 45.4 Å². The van der Waals surface area contributed by atoms with Crippen LogP contribution in [-0.2, 0) is 4.79 Å². The van der Waals surface area contributed by atoms with Gasteiger partial charge in [-0.15, -0.1) is 0 Å². The number of carbonyl (C=O) groups is 1. The summed E-state index contributed by atoms with van der Waals surface area (Å²) >= 11 is 0. The zero-order valence-corrected chi connectivity index (χ0v) is 8.96. The van der Waals surface area contributed by atoms with E-state index in [4.69, 9.17) is 5.11 Å². The van der Waals surface area contributed by atoms with E-state index in [0.717, 1.165) is 6.42 Å². The van der Waals surface area contributed by atoms with Crippen molar-refractivity contribution in [1.29, 1.82) is 0 Å². The summed E-state index contributed by atoms with van der Waals surface area (Å²) < 4.78 is 0. The van der Waals surface area contributed by atoms with Crippen molar-refractivity contribution in [3.8, 4) is 0 Å². The van der Waals surface area contributed by atoms with Gasteiger partial charge in [0.1, 0.15) is 0 Å². The van der Waals surface area contributed by atoms with Crippen molar-refractivity contribution in [3.63, 3.8) is 0 Å². The first-order valence-corrected chi connectivity index (χ1v) is 5.66. The molecule has 0 heterocycles. The van der Waals surface area contributed by atoms with E-state index < -0.39 is 0 Å². The Labute approximate surface area is 85.9 Å². The molecular weight excluding hydrogens is 178 g/mol. The second-order valence-corrected chi connectivity index (χ2v) is 4.21. The molecule has 1 saturated carbocycles. The highest BCUT2D eigenvalue weighted by Crippen LogP contribution is 2.27. The molecule has 1 atom stereocenters. The fourth-order valence-electron chi connectivity index (χ4n) is 2.04. The van der Waals surface area contributed by atoms with Crippen molar-refractivity contribution < 1.29 is 9.90 Å². The van der Waals surface area contributed by atoms with Gasteiger partial charge >= 0.3 is 0 Å². The van der Waals surface area contributed by atoms with Gasteiger partial charge in [-0.25, -0.2) is 0 Å². The minimum absolute atomic E-state index is 0.0485. The number of amides is 1. The van der Waals surface area contributed by atoms with Crippen LogP contribution in [0.2, 0.25) is 0 Å². The highest BCUT2D eigenvalue weighted by molar-refractivity contribution is 5.76. The molecule has 0 aromatic carbocycles. The van der Waals surface area contributed by atoms with Crippen LogP contribution in [0.15, 0.2) is 0 Å². The minimum Gasteiger partial charge on any atom is -0.394 e. The average molecular weight is 199 g/mol. The van der Waals surface area contributed by atoms with Crippen LogP contribution in [-0.4, -0.2) is 23.7 Å². The fourth-order valence-corrected chi connectivity index (χ4v) is 2.04. The van der Waals surface area contributed by atoms with Crippen LogP contribution in [0, 0.1) is 5.92 Å². The summed E-state index contributed by atoms with van der Waals surface area (Å²) in [6.45, 7) is 2.02. The van der Waals surface area contributed by atoms with E-state index in [1.165, 1.54) is 25.7 Å². The van der Waals surface area contributed by atoms with Crippen LogP contribution in [0.5, 0.6) is 0 Å². The third kappa shape index (κ3) is 3.66. The van der Waals surface area contributed by atoms with Crippen molar-refractivity contribution >= 4 is 5.91 Å². The topological polar surface area (TPSA) is 49.3 Å². The maximum absolute atomic E-state index is 11.5. The molecule has 14 heavy (non-hydrogen) atoms. The summed E-state index contributed by atoms with van der Waals surface area (Å²) in [5, 5.41) is 11.8. The molecular formula is C11H21NO2. The number of rotatable bonds is 5. The molecule has 3 heteroatoms. The first kappa shape index (κ1) is 11.5. The molecule has 0 aromatic rings. The van der Waals surface area contributed by atoms with E-state index in [0.29, 0.717) is 12.3 Å². The quantitative estimate of drug-likeness (QED) is 0.704. The molecule has 0 saturated heterocycles. The van der Waals surface area contributed by atoms with Gasteiger partial charge in [0.05, 0.1) is 12.6 Å². The number of nitrogens with one attached hydrogen (secondary N) is 1. The van der Waals surface area contributed by atoms with E-state index in [1.807, 2.05) is 6.92 Å². The van der Waals surface area contributed by atoms with E-state index in [-0.39, 0.29) is 18.6 Å². The maximum Gasteiger partial charge on any atom is 0.220 e. The molecule has 1 aliphatic rings. The molecule has 1 amide bonds. The van der Waals surface area contributed by atoms with Gasteiger partial charge in [-0.05, 0) is 25.2 Å². The summed E-state index contributed by atoms with van der Waals surface area (Å²) in [5.74, 6) is 0.698. The van der Waals surface area contributed by atoms with Crippen molar-refractivity contribution in [2.75, 3.05) is 6.61 Å². The maximum atomic E-state index is 11.5. The van der Waals surface area contributed by atoms with E-state index in [1.54, 1.807) is 0 Å². The molecule has 1 unspecified atom stereocenters. The lowest BCUT2D eigenvalue weighted by Gasteiger charge is -2.15. The summed E-state index contributed by atoms with van der Waals surface area (Å²) in [7, 11) is 0. The highest BCUT2D eigenvalue weighted by Gasteiger charge is 2.19. The normalized spacial score (nSPS) is 19.6. The van der Waals surface area contributed by atoms with Gasteiger partial charge in [0.25, 0.3) is 0 Å². The Morgan fingerprint density at radius 2 is 2.14 bits per heavy atom. The smallest absolute Gasteiger partial charge is 0.220 e. The predicted octanol–water partition coefficient (Wildman–Crippen LogP) is 1.45. The molecule has 0 radical (unpaired) electrons. The van der Waals surface area contributed by atoms with Crippen LogP contribution >= 0.6 is 0 Å². The monoisotopic (exact) mass is 199 g/mol. The Balaban J connectivity index is 2.20. The lowest BCUT2D eigenvalue weighted by atomic mass is 10.0. The molecule has 1 fully saturated rings. The van der Waals surface area contributed by atoms with Crippen LogP contribution < -0.4 is 5.32 Å². The summed E-state index contributed by atoms with van der Waals surface area (Å²) in [5.41, 5.74) is 0. The first-order valence-electron chi connectivity index (χ1n) is 5.66. The highest BCUT2D eigenvalue weighted by atomic mass is 16.3. The van der Waals surface area contributed by atoms with E-state index in [2.05, 4.69) is 5.32 Å². The van der Waals surface area contributed by atoms with Crippen LogP contribution in [0.3, 0.4) is 0 Å². The number of hydrogen-bond acceptors (Lipinski definition) is 2. The molecule has 0 spiro atoms. The van der Waals surface area contributed by atoms with Crippen molar-refractivity contribution in [2.45, 2.75) is 51.5 Å². The standard InChI is InChI=1S/C11H21NO2/c1-2-10(8-13)12-11(14)7-9-5-3-4-6-9/h9-10,13H,2-8H2,1H3,(H,12,14). The van der Waals surface area contributed by atoms with Gasteiger partial charge in [0, 0.05) is 6.42 Å². The van der Waals surface area contributed by atoms with Crippen molar-refractivity contribution in [2.24, 2.45) is 5.92 Å². The van der Waals surface area contributed by atoms with Gasteiger partial charge in [0.15, 0.2) is 0 Å². The molecule has 0 bridgehead atoms. The van der Waals surface area contributed by atoms with Gasteiger partial charge in [0.2, 0.25) is 5.91 Å². The second-order valence-electron chi connectivity index (χ2n) is 4.21. The van der Waals surface area contributed by atoms with Crippen LogP contribution in [0.25, 0.3) is 0 Å². The van der Waals surface area contributed by atoms with Crippen LogP contribution in [0.4, 0.5) is 0 Å². The summed E-state index contributed by atoms with van der Waals surface area (Å²) in [4.78, 5) is 11.5. The minimum atomic E-state index is -0.0519. The lowest BCUT2D eigenvalue weighted by molar-refractivity contribution is -0.123. The van der Waals surface area contributed by atoms with Crippen molar-refractivity contribution in [1.82, 2.24) is 5.32 Å². The van der Waals surface area contributed by atoms with Gasteiger partial charge in [-0.3, -0.25) is 4.79 Å². The molecule has 82 valence electrons. The second kappa shape index (κ2) is 6.02. The van der Waals surface area contributed by atoms with E-state index >= 15 is 0 Å². The fraction of sp³-hybridized carbons (Fsp3) is 0.909. The third-order valence-electron chi connectivity index (χ3n) is 3.03. The summed E-state index contributed by atoms with van der Waals surface area (Å²) in [6.07, 6.45) is 6.39. The van der Waals surface area contributed by atoms with Gasteiger partial charge in [-0.2, -0.15) is 0 Å². The molecule has 1 rings (SSSR count). The molecule has 0 aliphatic heterocycles. The zero-order chi connectivity index (χ0) is 10.4. The average Bonchev–Trinajstić information content (AvgIpc) is 2.66. The molecule has 1 aliphatic carbocycles. The van der Waals surface area contributed by atoms with Crippen molar-refractivity contribution in [3.05, 3.63) is 0 Å². The first-order chi connectivity index (χ1) is 6.76. The Hall–Kier alpha value is -0.570. The third-order valence-corrected chi connectivity index (χ3v) is 3.03. The van der Waals surface area contributed by atoms with E-state index in [9.17, 15) is 4.79 Å². The molecule has 3 nitrogen and oxygen atoms in total. The Morgan fingerprint density at radius 3 is 2.64 bits per heavy atom. The molecule has 2 N–H and O–H groups in total. The van der Waals surface area contributed by atoms with Gasteiger partial charge < -0.3 is 10.4 Å². The van der Waals surface area contributed by atoms with Gasteiger partial charge in [-0.1, -0.05) is 19.8 Å². The summed E-state index contributed by atoms with van der Waals surface area (Å²) in [6, 6.07) is -0.0519. The zero-order valence-electron chi connectivity index (χ0n) is 8.96. The SMILES string of the molecule is CCC(CO)NC(=O)CC1CCCC1. The number of aliphatic hydroxyl groups is 1. The Morgan fingerprint density at radius 1 is 1.50 bits per heavy atom. The largest absolute Gasteiger partial charge is 0.394 e.